The lowest BCUT2D eigenvalue weighted by atomic mass is 9.96. The Kier molecular flexibility index (Phi) is 16.4. The minimum absolute atomic E-state index is 0.0775. The molecule has 3 unspecified atom stereocenters. The van der Waals surface area contributed by atoms with Gasteiger partial charge in [0.25, 0.3) is 0 Å². The van der Waals surface area contributed by atoms with E-state index in [2.05, 4.69) is 21.3 Å². The molecule has 0 spiro atoms. The fraction of sp³-hybridized carbons (Fsp3) is 0.760. The summed E-state index contributed by atoms with van der Waals surface area (Å²) in [4.78, 5) is 72.5. The van der Waals surface area contributed by atoms with Gasteiger partial charge in [-0.3, -0.25) is 24.0 Å². The molecular weight excluding hydrogens is 610 g/mol. The van der Waals surface area contributed by atoms with E-state index in [9.17, 15) is 59.4 Å². The number of hydrogen-bond donors (Lipinski definition) is 12. The molecule has 0 aromatic rings. The number of primary amides is 1. The van der Waals surface area contributed by atoms with Crippen molar-refractivity contribution in [3.05, 3.63) is 0 Å². The van der Waals surface area contributed by atoms with Crippen molar-refractivity contribution in [2.75, 3.05) is 13.2 Å². The highest BCUT2D eigenvalue weighted by Crippen LogP contribution is 2.23. The summed E-state index contributed by atoms with van der Waals surface area (Å²) in [7, 11) is 0. The molecular formula is C25H43N5O15. The SMILES string of the molecule is CC(=O)NC1C(O[C@H](C)C(=O)N[C@@H](C)C(=O)N[C@H](CCC(=O)N[C@H](C=O)[C@@H](O)[C@H](O)[C@H](O)CO)C(N)=O)[C@H](O)C(CO)O[C@H]1O. The standard InChI is InChI=1S/C25H43N5O15/c1-9(27-24(42)10(2)44-21-17(28-11(3)34)25(43)45-15(8-33)20(21)39)23(41)30-12(22(26)40)4-5-16(36)29-13(6-31)18(37)19(38)14(35)7-32/h6,9-10,12-15,17-21,25,32-33,35,37-39,43H,4-5,7-8H2,1-3H3,(H2,26,40)(H,27,42)(H,28,34)(H,29,36)(H,30,41)/t9-,10+,12+,13+,14+,15?,17?,18+,19+,20+,21?,25+/m0/s1. The number of amides is 5. The number of carbonyl (C=O) groups is 6. The number of carbonyl (C=O) groups excluding carboxylic acids is 6. The van der Waals surface area contributed by atoms with Crippen LogP contribution in [0.3, 0.4) is 0 Å². The summed E-state index contributed by atoms with van der Waals surface area (Å²) in [5, 5.41) is 77.1. The molecule has 0 radical (unpaired) electrons. The highest BCUT2D eigenvalue weighted by atomic mass is 16.6. The third kappa shape index (κ3) is 11.8. The number of nitrogens with one attached hydrogen (secondary N) is 4. The lowest BCUT2D eigenvalue weighted by molar-refractivity contribution is -0.266. The van der Waals surface area contributed by atoms with Gasteiger partial charge in [0.15, 0.2) is 6.29 Å². The Bertz CT molecular complexity index is 1030. The van der Waals surface area contributed by atoms with E-state index in [4.69, 9.17) is 20.3 Å². The zero-order chi connectivity index (χ0) is 34.6. The maximum absolute atomic E-state index is 12.8. The van der Waals surface area contributed by atoms with Crippen LogP contribution in [-0.2, 0) is 38.2 Å². The van der Waals surface area contributed by atoms with Crippen molar-refractivity contribution in [3.8, 4) is 0 Å². The highest BCUT2D eigenvalue weighted by Gasteiger charge is 2.47. The maximum atomic E-state index is 12.8. The van der Waals surface area contributed by atoms with Crippen LogP contribution in [0, 0.1) is 0 Å². The Balaban J connectivity index is 2.77. The molecule has 0 aromatic carbocycles. The lowest BCUT2D eigenvalue weighted by Gasteiger charge is -2.43. The normalized spacial score (nSPS) is 26.1. The Hall–Kier alpha value is -3.34. The molecule has 0 bridgehead atoms. The average Bonchev–Trinajstić information content (AvgIpc) is 2.99. The summed E-state index contributed by atoms with van der Waals surface area (Å²) in [5.41, 5.74) is 5.31. The molecule has 45 heavy (non-hydrogen) atoms. The average molecular weight is 654 g/mol. The van der Waals surface area contributed by atoms with Crippen molar-refractivity contribution in [2.24, 2.45) is 5.73 Å². The van der Waals surface area contributed by atoms with Crippen LogP contribution >= 0.6 is 0 Å². The summed E-state index contributed by atoms with van der Waals surface area (Å²) in [5.74, 6) is -4.40. The van der Waals surface area contributed by atoms with Crippen LogP contribution in [0.1, 0.15) is 33.6 Å². The van der Waals surface area contributed by atoms with Gasteiger partial charge in [-0.05, 0) is 20.3 Å². The molecule has 20 heteroatoms. The number of rotatable bonds is 18. The number of aliphatic hydroxyl groups excluding tert-OH is 7. The summed E-state index contributed by atoms with van der Waals surface area (Å²) in [6, 6.07) is -5.77. The minimum Gasteiger partial charge on any atom is -0.394 e. The van der Waals surface area contributed by atoms with E-state index in [-0.39, 0.29) is 6.29 Å². The quantitative estimate of drug-likeness (QED) is 0.0611. The molecule has 0 saturated carbocycles. The van der Waals surface area contributed by atoms with E-state index >= 15 is 0 Å². The second kappa shape index (κ2) is 18.6. The molecule has 1 saturated heterocycles. The van der Waals surface area contributed by atoms with Crippen LogP contribution in [0.15, 0.2) is 0 Å². The van der Waals surface area contributed by atoms with Crippen LogP contribution in [0.25, 0.3) is 0 Å². The second-order valence-corrected chi connectivity index (χ2v) is 10.4. The Morgan fingerprint density at radius 2 is 1.60 bits per heavy atom. The lowest BCUT2D eigenvalue weighted by Crippen LogP contribution is -2.65. The molecule has 1 rings (SSSR count). The topological polar surface area (TPSA) is 337 Å². The van der Waals surface area contributed by atoms with Crippen molar-refractivity contribution in [2.45, 2.75) is 107 Å². The van der Waals surface area contributed by atoms with Gasteiger partial charge in [-0.2, -0.15) is 0 Å². The summed E-state index contributed by atoms with van der Waals surface area (Å²) < 4.78 is 10.6. The molecule has 0 aliphatic carbocycles. The summed E-state index contributed by atoms with van der Waals surface area (Å²) in [6.07, 6.45) is -14.0. The van der Waals surface area contributed by atoms with E-state index in [0.717, 1.165) is 6.92 Å². The Labute approximate surface area is 257 Å². The second-order valence-electron chi connectivity index (χ2n) is 10.4. The monoisotopic (exact) mass is 653 g/mol. The first-order valence-electron chi connectivity index (χ1n) is 13.8. The van der Waals surface area contributed by atoms with Gasteiger partial charge in [0.1, 0.15) is 73.2 Å². The molecule has 20 nitrogen and oxygen atoms in total. The Morgan fingerprint density at radius 3 is 2.11 bits per heavy atom. The number of hydrogen-bond acceptors (Lipinski definition) is 15. The third-order valence-electron chi connectivity index (χ3n) is 6.82. The van der Waals surface area contributed by atoms with Crippen molar-refractivity contribution in [3.63, 3.8) is 0 Å². The number of aliphatic hydroxyl groups is 7. The van der Waals surface area contributed by atoms with Crippen molar-refractivity contribution in [1.82, 2.24) is 21.3 Å². The third-order valence-corrected chi connectivity index (χ3v) is 6.82. The number of aldehydes is 1. The van der Waals surface area contributed by atoms with Crippen LogP contribution in [-0.4, -0.2) is 158 Å². The van der Waals surface area contributed by atoms with Crippen LogP contribution in [0.4, 0.5) is 0 Å². The molecule has 1 heterocycles. The molecule has 1 fully saturated rings. The van der Waals surface area contributed by atoms with Gasteiger partial charge in [0.2, 0.25) is 29.5 Å². The van der Waals surface area contributed by atoms with Crippen LogP contribution < -0.4 is 27.0 Å². The van der Waals surface area contributed by atoms with E-state index in [1.807, 2.05) is 0 Å². The summed E-state index contributed by atoms with van der Waals surface area (Å²) in [6.45, 7) is 1.95. The molecule has 1 aliphatic rings. The van der Waals surface area contributed by atoms with E-state index < -0.39 is 129 Å². The first kappa shape index (κ1) is 39.7. The van der Waals surface area contributed by atoms with Gasteiger partial charge in [-0.25, -0.2) is 0 Å². The van der Waals surface area contributed by atoms with Gasteiger partial charge < -0.3 is 77.0 Å². The molecule has 258 valence electrons. The molecule has 0 aromatic heterocycles. The Morgan fingerprint density at radius 1 is 0.978 bits per heavy atom. The van der Waals surface area contributed by atoms with Crippen molar-refractivity contribution in [1.29, 1.82) is 0 Å². The molecule has 12 atom stereocenters. The highest BCUT2D eigenvalue weighted by molar-refractivity contribution is 5.92. The van der Waals surface area contributed by atoms with Crippen molar-refractivity contribution < 1.29 is 74.0 Å². The molecule has 1 aliphatic heterocycles. The maximum Gasteiger partial charge on any atom is 0.249 e. The zero-order valence-corrected chi connectivity index (χ0v) is 24.8. The van der Waals surface area contributed by atoms with Gasteiger partial charge in [-0.1, -0.05) is 0 Å². The molecule has 5 amide bonds. The fourth-order valence-corrected chi connectivity index (χ4v) is 4.19. The van der Waals surface area contributed by atoms with Gasteiger partial charge in [-0.15, -0.1) is 0 Å². The first-order valence-corrected chi connectivity index (χ1v) is 13.8. The first-order chi connectivity index (χ1) is 21.0. The van der Waals surface area contributed by atoms with Crippen molar-refractivity contribution >= 4 is 35.8 Å². The molecule has 13 N–H and O–H groups in total. The number of ether oxygens (including phenoxy) is 2. The van der Waals surface area contributed by atoms with Gasteiger partial charge in [0, 0.05) is 13.3 Å². The van der Waals surface area contributed by atoms with Gasteiger partial charge in [0.05, 0.1) is 13.2 Å². The fourth-order valence-electron chi connectivity index (χ4n) is 4.19. The minimum atomic E-state index is -1.98. The zero-order valence-electron chi connectivity index (χ0n) is 24.8. The summed E-state index contributed by atoms with van der Waals surface area (Å²) >= 11 is 0. The predicted molar refractivity (Wildman–Crippen MR) is 147 cm³/mol. The van der Waals surface area contributed by atoms with Gasteiger partial charge >= 0.3 is 0 Å². The number of nitrogens with two attached hydrogens (primary N) is 1. The largest absolute Gasteiger partial charge is 0.394 e. The smallest absolute Gasteiger partial charge is 0.249 e. The van der Waals surface area contributed by atoms with E-state index in [1.54, 1.807) is 0 Å². The predicted octanol–water partition coefficient (Wildman–Crippen LogP) is -7.65. The van der Waals surface area contributed by atoms with E-state index in [1.165, 1.54) is 13.8 Å². The van der Waals surface area contributed by atoms with Crippen LogP contribution in [0.2, 0.25) is 0 Å². The van der Waals surface area contributed by atoms with E-state index in [0.29, 0.717) is 0 Å². The van der Waals surface area contributed by atoms with Crippen LogP contribution in [0.5, 0.6) is 0 Å².